The van der Waals surface area contributed by atoms with Crippen molar-refractivity contribution in [3.8, 4) is 5.75 Å². The van der Waals surface area contributed by atoms with E-state index in [1.807, 2.05) is 6.92 Å². The summed E-state index contributed by atoms with van der Waals surface area (Å²) in [4.78, 5) is 29.0. The zero-order valence-corrected chi connectivity index (χ0v) is 19.6. The van der Waals surface area contributed by atoms with Crippen molar-refractivity contribution in [2.24, 2.45) is 0 Å². The maximum absolute atomic E-state index is 12.7. The van der Waals surface area contributed by atoms with Crippen molar-refractivity contribution in [2.75, 3.05) is 0 Å². The molecule has 2 amide bonds. The quantitative estimate of drug-likeness (QED) is 0.485. The van der Waals surface area contributed by atoms with Crippen LogP contribution in [0.5, 0.6) is 5.75 Å². The van der Waals surface area contributed by atoms with Crippen LogP contribution in [0.25, 0.3) is 0 Å². The molecular formula is C24H32F2N4O4. The van der Waals surface area contributed by atoms with Crippen LogP contribution in [0.15, 0.2) is 28.8 Å². The van der Waals surface area contributed by atoms with Gasteiger partial charge >= 0.3 is 6.61 Å². The molecule has 0 spiro atoms. The second-order valence-electron chi connectivity index (χ2n) is 8.63. The Morgan fingerprint density at radius 3 is 2.53 bits per heavy atom. The van der Waals surface area contributed by atoms with Gasteiger partial charge in [-0.3, -0.25) is 9.59 Å². The first kappa shape index (κ1) is 25.6. The first-order chi connectivity index (χ1) is 16.3. The third kappa shape index (κ3) is 6.74. The minimum Gasteiger partial charge on any atom is -0.434 e. The fourth-order valence-corrected chi connectivity index (χ4v) is 4.48. The molecule has 0 aliphatic heterocycles. The number of alkyl halides is 2. The van der Waals surface area contributed by atoms with Crippen molar-refractivity contribution in [3.63, 3.8) is 0 Å². The number of aryl methyl sites for hydroxylation is 1. The molecule has 8 nitrogen and oxygen atoms in total. The molecule has 1 aliphatic rings. The Hall–Kier alpha value is -3.04. The smallest absolute Gasteiger partial charge is 0.387 e. The van der Waals surface area contributed by atoms with Gasteiger partial charge < -0.3 is 19.9 Å². The number of hydrogen-bond donors (Lipinski definition) is 2. The lowest BCUT2D eigenvalue weighted by Gasteiger charge is -2.30. The second kappa shape index (κ2) is 11.9. The van der Waals surface area contributed by atoms with Crippen molar-refractivity contribution < 1.29 is 27.6 Å². The van der Waals surface area contributed by atoms with Crippen LogP contribution in [-0.2, 0) is 21.5 Å². The van der Waals surface area contributed by atoms with Crippen molar-refractivity contribution in [3.05, 3.63) is 41.5 Å². The molecule has 2 N–H and O–H groups in total. The summed E-state index contributed by atoms with van der Waals surface area (Å²) in [6.07, 6.45) is 6.40. The highest BCUT2D eigenvalue weighted by molar-refractivity contribution is 5.76. The average Bonchev–Trinajstić information content (AvgIpc) is 3.16. The maximum Gasteiger partial charge on any atom is 0.387 e. The van der Waals surface area contributed by atoms with Crippen molar-refractivity contribution in [1.29, 1.82) is 0 Å². The second-order valence-corrected chi connectivity index (χ2v) is 8.63. The number of benzene rings is 1. The first-order valence-corrected chi connectivity index (χ1v) is 11.8. The summed E-state index contributed by atoms with van der Waals surface area (Å²) in [6, 6.07) is 5.94. The number of nitrogens with one attached hydrogen (secondary N) is 2. The van der Waals surface area contributed by atoms with Crippen LogP contribution >= 0.6 is 0 Å². The molecule has 1 aliphatic carbocycles. The number of carbonyl (C=O) groups excluding carboxylic acids is 2. The van der Waals surface area contributed by atoms with Crippen LogP contribution in [0, 0.1) is 0 Å². The fraction of sp³-hybridized carbons (Fsp3) is 0.583. The summed E-state index contributed by atoms with van der Waals surface area (Å²) < 4.78 is 35.5. The van der Waals surface area contributed by atoms with Crippen LogP contribution in [0.1, 0.15) is 88.5 Å². The average molecular weight is 479 g/mol. The van der Waals surface area contributed by atoms with Gasteiger partial charge in [0, 0.05) is 25.3 Å². The minimum atomic E-state index is -2.95. The van der Waals surface area contributed by atoms with Gasteiger partial charge in [-0.05, 0) is 25.3 Å². The van der Waals surface area contributed by atoms with Crippen molar-refractivity contribution in [1.82, 2.24) is 20.8 Å². The lowest BCUT2D eigenvalue weighted by Crippen LogP contribution is -2.45. The standard InChI is InChI=1S/C24H32F2N4O4/c1-3-18(17-10-6-7-11-19(17)33-23(25)26)27-20(32)12-13-21-28-22(30-34-21)24(29-16(2)31)14-8-4-5-9-15-24/h6-7,10-11,18,23H,3-5,8-9,12-15H2,1-2H3,(H,27,32)(H,29,31)/t18-/m1/s1. The summed E-state index contributed by atoms with van der Waals surface area (Å²) in [5, 5.41) is 10.0. The molecule has 3 rings (SSSR count). The summed E-state index contributed by atoms with van der Waals surface area (Å²) in [5.41, 5.74) is -0.155. The van der Waals surface area contributed by atoms with E-state index in [-0.39, 0.29) is 30.4 Å². The van der Waals surface area contributed by atoms with E-state index < -0.39 is 18.2 Å². The van der Waals surface area contributed by atoms with E-state index in [1.165, 1.54) is 13.0 Å². The fourth-order valence-electron chi connectivity index (χ4n) is 4.48. The molecule has 0 bridgehead atoms. The molecule has 0 saturated heterocycles. The molecule has 0 radical (unpaired) electrons. The number of aromatic nitrogens is 2. The molecule has 1 heterocycles. The van der Waals surface area contributed by atoms with Gasteiger partial charge in [0.25, 0.3) is 0 Å². The van der Waals surface area contributed by atoms with Crippen molar-refractivity contribution >= 4 is 11.8 Å². The summed E-state index contributed by atoms with van der Waals surface area (Å²) in [6.45, 7) is 0.380. The van der Waals surface area contributed by atoms with Crippen LogP contribution < -0.4 is 15.4 Å². The Bertz CT molecular complexity index is 958. The summed E-state index contributed by atoms with van der Waals surface area (Å²) >= 11 is 0. The maximum atomic E-state index is 12.7. The van der Waals surface area contributed by atoms with E-state index in [1.54, 1.807) is 18.2 Å². The van der Waals surface area contributed by atoms with Gasteiger partial charge in [0.05, 0.1) is 6.04 Å². The Morgan fingerprint density at radius 2 is 1.88 bits per heavy atom. The Labute approximate surface area is 197 Å². The Kier molecular flexibility index (Phi) is 8.95. The molecule has 1 saturated carbocycles. The van der Waals surface area contributed by atoms with Crippen LogP contribution in [-0.4, -0.2) is 28.6 Å². The number of nitrogens with zero attached hydrogens (tertiary/aromatic N) is 2. The third-order valence-electron chi connectivity index (χ3n) is 6.09. The Morgan fingerprint density at radius 1 is 1.18 bits per heavy atom. The van der Waals surface area contributed by atoms with Crippen molar-refractivity contribution in [2.45, 2.75) is 89.8 Å². The molecule has 34 heavy (non-hydrogen) atoms. The highest BCUT2D eigenvalue weighted by atomic mass is 19.3. The predicted molar refractivity (Wildman–Crippen MR) is 120 cm³/mol. The molecule has 2 aromatic rings. The normalized spacial score (nSPS) is 16.5. The van der Waals surface area contributed by atoms with E-state index in [0.717, 1.165) is 38.5 Å². The van der Waals surface area contributed by atoms with Gasteiger partial charge in [-0.25, -0.2) is 0 Å². The Balaban J connectivity index is 1.64. The number of amides is 2. The molecule has 0 unspecified atom stereocenters. The predicted octanol–water partition coefficient (Wildman–Crippen LogP) is 4.56. The van der Waals surface area contributed by atoms with Gasteiger partial charge in [-0.2, -0.15) is 13.8 Å². The van der Waals surface area contributed by atoms with E-state index in [0.29, 0.717) is 23.7 Å². The van der Waals surface area contributed by atoms with Crippen LogP contribution in [0.3, 0.4) is 0 Å². The third-order valence-corrected chi connectivity index (χ3v) is 6.09. The number of rotatable bonds is 10. The lowest BCUT2D eigenvalue weighted by atomic mass is 9.89. The SMILES string of the molecule is CC[C@@H](NC(=O)CCc1nc(C2(NC(C)=O)CCCCCC2)no1)c1ccccc1OC(F)F. The van der Waals surface area contributed by atoms with Gasteiger partial charge in [0.1, 0.15) is 11.3 Å². The monoisotopic (exact) mass is 478 g/mol. The van der Waals surface area contributed by atoms with Crippen LogP contribution in [0.2, 0.25) is 0 Å². The van der Waals surface area contributed by atoms with Gasteiger partial charge in [0.15, 0.2) is 5.82 Å². The molecule has 10 heteroatoms. The summed E-state index contributed by atoms with van der Waals surface area (Å²) in [7, 11) is 0. The minimum absolute atomic E-state index is 0.0397. The lowest BCUT2D eigenvalue weighted by molar-refractivity contribution is -0.122. The highest BCUT2D eigenvalue weighted by Gasteiger charge is 2.38. The van der Waals surface area contributed by atoms with Gasteiger partial charge in [-0.1, -0.05) is 56.0 Å². The molecule has 186 valence electrons. The topological polar surface area (TPSA) is 106 Å². The molecule has 1 aromatic carbocycles. The molecule has 1 aromatic heterocycles. The van der Waals surface area contributed by atoms with E-state index in [9.17, 15) is 18.4 Å². The van der Waals surface area contributed by atoms with Crippen LogP contribution in [0.4, 0.5) is 8.78 Å². The van der Waals surface area contributed by atoms with Gasteiger partial charge in [-0.15, -0.1) is 0 Å². The number of carbonyl (C=O) groups is 2. The molecule has 1 fully saturated rings. The van der Waals surface area contributed by atoms with E-state index in [4.69, 9.17) is 4.52 Å². The highest BCUT2D eigenvalue weighted by Crippen LogP contribution is 2.34. The largest absolute Gasteiger partial charge is 0.434 e. The zero-order valence-electron chi connectivity index (χ0n) is 19.6. The zero-order chi connectivity index (χ0) is 24.6. The first-order valence-electron chi connectivity index (χ1n) is 11.8. The molecule has 1 atom stereocenters. The summed E-state index contributed by atoms with van der Waals surface area (Å²) in [5.74, 6) is 0.384. The number of halogens is 2. The number of hydrogen-bond acceptors (Lipinski definition) is 6. The van der Waals surface area contributed by atoms with Gasteiger partial charge in [0.2, 0.25) is 17.7 Å². The number of ether oxygens (including phenoxy) is 1. The molecular weight excluding hydrogens is 446 g/mol. The van der Waals surface area contributed by atoms with E-state index >= 15 is 0 Å². The van der Waals surface area contributed by atoms with E-state index in [2.05, 4.69) is 25.5 Å². The number of para-hydroxylation sites is 1.